The predicted octanol–water partition coefficient (Wildman–Crippen LogP) is 3.85. The molecule has 1 N–H and O–H groups in total. The van der Waals surface area contributed by atoms with Gasteiger partial charge >= 0.3 is 16.1 Å². The third kappa shape index (κ3) is 5.68. The van der Waals surface area contributed by atoms with Crippen molar-refractivity contribution in [2.24, 2.45) is 0 Å². The van der Waals surface area contributed by atoms with Crippen molar-refractivity contribution in [3.8, 4) is 5.75 Å². The van der Waals surface area contributed by atoms with Gasteiger partial charge in [0, 0.05) is 6.54 Å². The standard InChI is InChI=1S/C23H23NO5S/c1-2-28-23(25)22(24-17-18-9-5-3-6-10-18)19-13-15-20(16-14-19)29-30(26,27)21-11-7-4-8-12-21/h3-16,22,24H,2,17H2,1H3. The van der Waals surface area contributed by atoms with Crippen molar-refractivity contribution >= 4 is 16.1 Å². The van der Waals surface area contributed by atoms with Crippen molar-refractivity contribution < 1.29 is 22.1 Å². The van der Waals surface area contributed by atoms with Crippen LogP contribution in [0.1, 0.15) is 24.1 Å². The molecule has 3 aromatic rings. The first-order valence-electron chi connectivity index (χ1n) is 9.53. The number of hydrogen-bond acceptors (Lipinski definition) is 6. The SMILES string of the molecule is CCOC(=O)C(NCc1ccccc1)c1ccc(OS(=O)(=O)c2ccccc2)cc1. The molecule has 0 aromatic heterocycles. The van der Waals surface area contributed by atoms with Crippen LogP contribution < -0.4 is 9.50 Å². The molecule has 7 heteroatoms. The highest BCUT2D eigenvalue weighted by Gasteiger charge is 2.22. The summed E-state index contributed by atoms with van der Waals surface area (Å²) in [7, 11) is -3.92. The highest BCUT2D eigenvalue weighted by molar-refractivity contribution is 7.87. The highest BCUT2D eigenvalue weighted by atomic mass is 32.2. The van der Waals surface area contributed by atoms with Crippen molar-refractivity contribution in [3.63, 3.8) is 0 Å². The van der Waals surface area contributed by atoms with Gasteiger partial charge in [-0.1, -0.05) is 60.7 Å². The van der Waals surface area contributed by atoms with Crippen molar-refractivity contribution in [1.29, 1.82) is 0 Å². The second-order valence-electron chi connectivity index (χ2n) is 6.47. The van der Waals surface area contributed by atoms with Gasteiger partial charge in [0.2, 0.25) is 0 Å². The van der Waals surface area contributed by atoms with E-state index in [9.17, 15) is 13.2 Å². The molecule has 0 aliphatic rings. The average Bonchev–Trinajstić information content (AvgIpc) is 2.76. The molecule has 3 rings (SSSR count). The summed E-state index contributed by atoms with van der Waals surface area (Å²) >= 11 is 0. The molecule has 0 fully saturated rings. The van der Waals surface area contributed by atoms with E-state index in [0.717, 1.165) is 5.56 Å². The Morgan fingerprint density at radius 2 is 1.50 bits per heavy atom. The minimum Gasteiger partial charge on any atom is -0.465 e. The van der Waals surface area contributed by atoms with Crippen molar-refractivity contribution in [2.45, 2.75) is 24.4 Å². The maximum atomic E-state index is 12.5. The summed E-state index contributed by atoms with van der Waals surface area (Å²) in [6.45, 7) is 2.49. The van der Waals surface area contributed by atoms with Crippen molar-refractivity contribution in [2.75, 3.05) is 6.61 Å². The van der Waals surface area contributed by atoms with Crippen LogP contribution in [0.25, 0.3) is 0 Å². The quantitative estimate of drug-likeness (QED) is 0.414. The van der Waals surface area contributed by atoms with E-state index in [2.05, 4.69) is 5.32 Å². The van der Waals surface area contributed by atoms with Gasteiger partial charge in [0.05, 0.1) is 6.61 Å². The largest absolute Gasteiger partial charge is 0.465 e. The molecule has 0 saturated heterocycles. The van der Waals surface area contributed by atoms with Crippen molar-refractivity contribution in [3.05, 3.63) is 96.1 Å². The minimum absolute atomic E-state index is 0.0722. The zero-order chi connectivity index (χ0) is 21.4. The van der Waals surface area contributed by atoms with Crippen LogP contribution in [0, 0.1) is 0 Å². The third-order valence-corrected chi connectivity index (χ3v) is 5.59. The van der Waals surface area contributed by atoms with Gasteiger partial charge in [-0.05, 0) is 42.3 Å². The smallest absolute Gasteiger partial charge is 0.339 e. The summed E-state index contributed by atoms with van der Waals surface area (Å²) in [5.74, 6) is -0.243. The molecule has 0 radical (unpaired) electrons. The fraction of sp³-hybridized carbons (Fsp3) is 0.174. The monoisotopic (exact) mass is 425 g/mol. The van der Waals surface area contributed by atoms with Crippen LogP contribution in [-0.2, 0) is 26.2 Å². The Kier molecular flexibility index (Phi) is 7.21. The van der Waals surface area contributed by atoms with Gasteiger partial charge in [-0.15, -0.1) is 0 Å². The zero-order valence-corrected chi connectivity index (χ0v) is 17.3. The normalized spacial score (nSPS) is 12.2. The summed E-state index contributed by atoms with van der Waals surface area (Å²) in [4.78, 5) is 12.5. The molecule has 0 amide bonds. The Morgan fingerprint density at radius 1 is 0.900 bits per heavy atom. The van der Waals surface area contributed by atoms with Crippen LogP contribution in [0.15, 0.2) is 89.8 Å². The van der Waals surface area contributed by atoms with E-state index < -0.39 is 22.1 Å². The highest BCUT2D eigenvalue weighted by Crippen LogP contribution is 2.23. The van der Waals surface area contributed by atoms with Gasteiger partial charge < -0.3 is 8.92 Å². The Bertz CT molecular complexity index is 1050. The first kappa shape index (κ1) is 21.5. The number of hydrogen-bond donors (Lipinski definition) is 1. The average molecular weight is 426 g/mol. The van der Waals surface area contributed by atoms with Gasteiger partial charge in [0.15, 0.2) is 0 Å². The molecular formula is C23H23NO5S. The Morgan fingerprint density at radius 3 is 2.10 bits per heavy atom. The summed E-state index contributed by atoms with van der Waals surface area (Å²) in [6.07, 6.45) is 0. The van der Waals surface area contributed by atoms with Crippen LogP contribution >= 0.6 is 0 Å². The van der Waals surface area contributed by atoms with Crippen molar-refractivity contribution in [1.82, 2.24) is 5.32 Å². The topological polar surface area (TPSA) is 81.7 Å². The lowest BCUT2D eigenvalue weighted by Gasteiger charge is -2.18. The number of carbonyl (C=O) groups excluding carboxylic acids is 1. The van der Waals surface area contributed by atoms with Crippen LogP contribution in [0.3, 0.4) is 0 Å². The van der Waals surface area contributed by atoms with E-state index >= 15 is 0 Å². The lowest BCUT2D eigenvalue weighted by atomic mass is 10.1. The van der Waals surface area contributed by atoms with E-state index in [-0.39, 0.29) is 17.3 Å². The lowest BCUT2D eigenvalue weighted by Crippen LogP contribution is -2.30. The molecule has 6 nitrogen and oxygen atoms in total. The first-order chi connectivity index (χ1) is 14.5. The molecule has 30 heavy (non-hydrogen) atoms. The molecule has 1 unspecified atom stereocenters. The molecule has 0 bridgehead atoms. The third-order valence-electron chi connectivity index (χ3n) is 4.33. The van der Waals surface area contributed by atoms with Gasteiger partial charge in [-0.3, -0.25) is 5.32 Å². The molecule has 0 aliphatic carbocycles. The van der Waals surface area contributed by atoms with E-state index in [1.807, 2.05) is 30.3 Å². The lowest BCUT2D eigenvalue weighted by molar-refractivity contribution is -0.145. The predicted molar refractivity (Wildman–Crippen MR) is 113 cm³/mol. The fourth-order valence-electron chi connectivity index (χ4n) is 2.86. The molecule has 0 heterocycles. The Balaban J connectivity index is 1.75. The van der Waals surface area contributed by atoms with Gasteiger partial charge in [-0.2, -0.15) is 8.42 Å². The summed E-state index contributed by atoms with van der Waals surface area (Å²) in [5, 5.41) is 3.20. The molecule has 0 aliphatic heterocycles. The summed E-state index contributed by atoms with van der Waals surface area (Å²) < 4.78 is 35.1. The van der Waals surface area contributed by atoms with E-state index in [4.69, 9.17) is 8.92 Å². The molecule has 0 saturated carbocycles. The van der Waals surface area contributed by atoms with E-state index in [0.29, 0.717) is 12.1 Å². The van der Waals surface area contributed by atoms with Crippen LogP contribution in [0.5, 0.6) is 5.75 Å². The maximum Gasteiger partial charge on any atom is 0.339 e. The molecule has 156 valence electrons. The van der Waals surface area contributed by atoms with Crippen LogP contribution in [-0.4, -0.2) is 21.0 Å². The number of ether oxygens (including phenoxy) is 1. The summed E-state index contributed by atoms with van der Waals surface area (Å²) in [5.41, 5.74) is 1.68. The summed E-state index contributed by atoms with van der Waals surface area (Å²) in [6, 6.07) is 23.3. The minimum atomic E-state index is -3.92. The number of benzene rings is 3. The number of rotatable bonds is 9. The van der Waals surface area contributed by atoms with E-state index in [1.165, 1.54) is 24.3 Å². The van der Waals surface area contributed by atoms with Gasteiger partial charge in [0.1, 0.15) is 16.7 Å². The molecule has 3 aromatic carbocycles. The molecular weight excluding hydrogens is 402 g/mol. The maximum absolute atomic E-state index is 12.5. The first-order valence-corrected chi connectivity index (χ1v) is 10.9. The number of nitrogens with one attached hydrogen (secondary N) is 1. The van der Waals surface area contributed by atoms with Gasteiger partial charge in [0.25, 0.3) is 0 Å². The second-order valence-corrected chi connectivity index (χ2v) is 8.02. The molecule has 1 atom stereocenters. The van der Waals surface area contributed by atoms with Crippen LogP contribution in [0.4, 0.5) is 0 Å². The van der Waals surface area contributed by atoms with Gasteiger partial charge in [-0.25, -0.2) is 4.79 Å². The molecule has 0 spiro atoms. The van der Waals surface area contributed by atoms with Crippen LogP contribution in [0.2, 0.25) is 0 Å². The number of carbonyl (C=O) groups is 1. The number of esters is 1. The van der Waals surface area contributed by atoms with E-state index in [1.54, 1.807) is 37.3 Å². The Labute approximate surface area is 176 Å². The zero-order valence-electron chi connectivity index (χ0n) is 16.5. The Hall–Kier alpha value is -3.16. The fourth-order valence-corrected chi connectivity index (χ4v) is 3.81. The second kappa shape index (κ2) is 10.0.